The molecule has 1 aromatic rings. The number of benzene rings is 1. The number of nitrogens with one attached hydrogen (secondary N) is 1. The lowest BCUT2D eigenvalue weighted by molar-refractivity contribution is -0.150. The van der Waals surface area contributed by atoms with Gasteiger partial charge in [0.1, 0.15) is 24.2 Å². The third-order valence-electron chi connectivity index (χ3n) is 4.45. The largest absolute Gasteiger partial charge is 0.468 e. The van der Waals surface area contributed by atoms with Crippen molar-refractivity contribution in [2.45, 2.75) is 51.8 Å². The molecule has 172 valence electrons. The van der Waals surface area contributed by atoms with Crippen LogP contribution < -0.4 is 5.32 Å². The van der Waals surface area contributed by atoms with Gasteiger partial charge in [-0.1, -0.05) is 30.3 Å². The van der Waals surface area contributed by atoms with Gasteiger partial charge in [0.05, 0.1) is 7.11 Å². The molecule has 9 heteroatoms. The molecule has 0 bridgehead atoms. The van der Waals surface area contributed by atoms with Crippen LogP contribution in [0.5, 0.6) is 0 Å². The number of alkyl carbamates (subject to hydrolysis) is 1. The van der Waals surface area contributed by atoms with E-state index in [9.17, 15) is 19.2 Å². The van der Waals surface area contributed by atoms with E-state index in [-0.39, 0.29) is 13.0 Å². The molecule has 0 aliphatic rings. The maximum absolute atomic E-state index is 13.1. The van der Waals surface area contributed by atoms with Crippen LogP contribution in [-0.2, 0) is 30.3 Å². The lowest BCUT2D eigenvalue weighted by Gasteiger charge is -2.32. The predicted octanol–water partition coefficient (Wildman–Crippen LogP) is 1.60. The highest BCUT2D eigenvalue weighted by Gasteiger charge is 2.33. The average molecular weight is 436 g/mol. The van der Waals surface area contributed by atoms with Crippen LogP contribution in [0.3, 0.4) is 0 Å². The van der Waals surface area contributed by atoms with E-state index in [1.54, 1.807) is 20.8 Å². The van der Waals surface area contributed by atoms with Crippen molar-refractivity contribution in [1.29, 1.82) is 0 Å². The molecule has 0 aliphatic heterocycles. The highest BCUT2D eigenvalue weighted by Crippen LogP contribution is 2.13. The van der Waals surface area contributed by atoms with Crippen LogP contribution in [0.2, 0.25) is 0 Å². The second-order valence-electron chi connectivity index (χ2n) is 8.29. The van der Waals surface area contributed by atoms with Crippen molar-refractivity contribution in [3.8, 4) is 0 Å². The van der Waals surface area contributed by atoms with Crippen LogP contribution in [0.1, 0.15) is 33.3 Å². The second-order valence-corrected chi connectivity index (χ2v) is 8.29. The van der Waals surface area contributed by atoms with Crippen molar-refractivity contribution in [2.24, 2.45) is 0 Å². The molecule has 3 amide bonds. The summed E-state index contributed by atoms with van der Waals surface area (Å²) in [4.78, 5) is 52.2. The molecule has 0 fully saturated rings. The van der Waals surface area contributed by atoms with Crippen LogP contribution in [0.25, 0.3) is 0 Å². The maximum atomic E-state index is 13.1. The van der Waals surface area contributed by atoms with Crippen molar-refractivity contribution in [3.63, 3.8) is 0 Å². The zero-order valence-corrected chi connectivity index (χ0v) is 19.3. The van der Waals surface area contributed by atoms with Gasteiger partial charge in [0.2, 0.25) is 11.8 Å². The summed E-state index contributed by atoms with van der Waals surface area (Å²) in [6.45, 7) is 6.43. The van der Waals surface area contributed by atoms with Crippen LogP contribution in [0.15, 0.2) is 30.3 Å². The molecule has 0 saturated carbocycles. The third kappa shape index (κ3) is 8.65. The fraction of sp³-hybridized carbons (Fsp3) is 0.545. The number of ether oxygens (including phenoxy) is 2. The van der Waals surface area contributed by atoms with Gasteiger partial charge in [0, 0.05) is 20.5 Å². The summed E-state index contributed by atoms with van der Waals surface area (Å²) in [5, 5.41) is 2.49. The van der Waals surface area contributed by atoms with E-state index in [4.69, 9.17) is 4.74 Å². The smallest absolute Gasteiger partial charge is 0.408 e. The Kier molecular flexibility index (Phi) is 9.48. The fourth-order valence-electron chi connectivity index (χ4n) is 2.82. The van der Waals surface area contributed by atoms with Crippen molar-refractivity contribution >= 4 is 23.9 Å². The van der Waals surface area contributed by atoms with Gasteiger partial charge in [0.15, 0.2) is 0 Å². The molecular weight excluding hydrogens is 402 g/mol. The van der Waals surface area contributed by atoms with Crippen LogP contribution in [0, 0.1) is 0 Å². The Morgan fingerprint density at radius 1 is 1.03 bits per heavy atom. The molecule has 0 aromatic heterocycles. The monoisotopic (exact) mass is 435 g/mol. The minimum atomic E-state index is -0.920. The average Bonchev–Trinajstić information content (AvgIpc) is 2.69. The number of carbonyl (C=O) groups is 4. The normalized spacial score (nSPS) is 12.9. The summed E-state index contributed by atoms with van der Waals surface area (Å²) in [5.74, 6) is -1.45. The number of esters is 1. The van der Waals surface area contributed by atoms with Gasteiger partial charge in [-0.15, -0.1) is 0 Å². The predicted molar refractivity (Wildman–Crippen MR) is 115 cm³/mol. The van der Waals surface area contributed by atoms with E-state index in [2.05, 4.69) is 10.1 Å². The molecule has 31 heavy (non-hydrogen) atoms. The van der Waals surface area contributed by atoms with Gasteiger partial charge in [0.25, 0.3) is 0 Å². The molecule has 0 unspecified atom stereocenters. The minimum Gasteiger partial charge on any atom is -0.468 e. The van der Waals surface area contributed by atoms with Gasteiger partial charge in [-0.25, -0.2) is 4.79 Å². The number of carbonyl (C=O) groups excluding carboxylic acids is 4. The lowest BCUT2D eigenvalue weighted by Crippen LogP contribution is -2.55. The summed E-state index contributed by atoms with van der Waals surface area (Å²) >= 11 is 0. The summed E-state index contributed by atoms with van der Waals surface area (Å²) in [6.07, 6.45) is -0.484. The van der Waals surface area contributed by atoms with Gasteiger partial charge in [-0.2, -0.15) is 0 Å². The molecule has 0 radical (unpaired) electrons. The van der Waals surface area contributed by atoms with E-state index in [1.165, 1.54) is 37.9 Å². The Hall–Kier alpha value is -3.10. The van der Waals surface area contributed by atoms with E-state index in [0.717, 1.165) is 5.56 Å². The minimum absolute atomic E-state index is 0.242. The van der Waals surface area contributed by atoms with Crippen LogP contribution in [-0.4, -0.2) is 79.1 Å². The third-order valence-corrected chi connectivity index (χ3v) is 4.45. The van der Waals surface area contributed by atoms with Gasteiger partial charge < -0.3 is 24.6 Å². The highest BCUT2D eigenvalue weighted by molar-refractivity contribution is 5.92. The van der Waals surface area contributed by atoms with Gasteiger partial charge in [-0.05, 0) is 33.3 Å². The van der Waals surface area contributed by atoms with E-state index in [1.807, 2.05) is 30.3 Å². The molecule has 9 nitrogen and oxygen atoms in total. The first kappa shape index (κ1) is 25.9. The zero-order valence-electron chi connectivity index (χ0n) is 19.3. The first-order valence-corrected chi connectivity index (χ1v) is 9.97. The van der Waals surface area contributed by atoms with E-state index in [0.29, 0.717) is 0 Å². The molecular formula is C22H33N3O6. The molecule has 1 aromatic carbocycles. The lowest BCUT2D eigenvalue weighted by atomic mass is 10.0. The summed E-state index contributed by atoms with van der Waals surface area (Å²) in [7, 11) is 4.20. The number of likely N-dealkylation sites (N-methyl/N-ethyl adjacent to an activating group) is 2. The van der Waals surface area contributed by atoms with E-state index < -0.39 is 41.6 Å². The van der Waals surface area contributed by atoms with Gasteiger partial charge >= 0.3 is 12.1 Å². The Bertz CT molecular complexity index is 775. The molecule has 0 spiro atoms. The van der Waals surface area contributed by atoms with Gasteiger partial charge in [-0.3, -0.25) is 14.4 Å². The Balaban J connectivity index is 3.01. The molecule has 1 rings (SSSR count). The second kappa shape index (κ2) is 11.3. The number of methoxy groups -OCH3 is 1. The fourth-order valence-corrected chi connectivity index (χ4v) is 2.82. The summed E-state index contributed by atoms with van der Waals surface area (Å²) in [6, 6.07) is 7.42. The SMILES string of the molecule is COC(=O)CN(C)C(=O)[C@H](Cc1ccccc1)N(C)C(=O)[C@H](C)NC(=O)OC(C)(C)C. The summed E-state index contributed by atoms with van der Waals surface area (Å²) < 4.78 is 9.81. The Morgan fingerprint density at radius 3 is 2.13 bits per heavy atom. The summed E-state index contributed by atoms with van der Waals surface area (Å²) in [5.41, 5.74) is 0.140. The molecule has 2 atom stereocenters. The quantitative estimate of drug-likeness (QED) is 0.622. The highest BCUT2D eigenvalue weighted by atomic mass is 16.6. The molecule has 0 aliphatic carbocycles. The topological polar surface area (TPSA) is 105 Å². The number of hydrogen-bond acceptors (Lipinski definition) is 6. The number of amides is 3. The first-order valence-electron chi connectivity index (χ1n) is 9.97. The van der Waals surface area contributed by atoms with Crippen molar-refractivity contribution in [3.05, 3.63) is 35.9 Å². The maximum Gasteiger partial charge on any atom is 0.408 e. The Morgan fingerprint density at radius 2 is 1.61 bits per heavy atom. The van der Waals surface area contributed by atoms with E-state index >= 15 is 0 Å². The van der Waals surface area contributed by atoms with Crippen LogP contribution in [0.4, 0.5) is 4.79 Å². The number of rotatable bonds is 8. The molecule has 1 N–H and O–H groups in total. The van der Waals surface area contributed by atoms with Crippen molar-refractivity contribution in [1.82, 2.24) is 15.1 Å². The Labute approximate surface area is 183 Å². The standard InChI is InChI=1S/C22H33N3O6/c1-15(23-21(29)31-22(2,3)4)19(27)25(6)17(13-16-11-9-8-10-12-16)20(28)24(5)14-18(26)30-7/h8-12,15,17H,13-14H2,1-7H3,(H,23,29)/t15-,17-/m0/s1. The first-order chi connectivity index (χ1) is 14.4. The zero-order chi connectivity index (χ0) is 23.8. The molecule has 0 heterocycles. The number of nitrogens with zero attached hydrogens (tertiary/aromatic N) is 2. The van der Waals surface area contributed by atoms with Crippen LogP contribution >= 0.6 is 0 Å². The molecule has 0 saturated heterocycles. The van der Waals surface area contributed by atoms with Crippen molar-refractivity contribution in [2.75, 3.05) is 27.7 Å². The van der Waals surface area contributed by atoms with Crippen molar-refractivity contribution < 1.29 is 28.7 Å². The number of hydrogen-bond donors (Lipinski definition) is 1.